The quantitative estimate of drug-likeness (QED) is 0.229. The number of rotatable bonds is 4. The van der Waals surface area contributed by atoms with Crippen molar-refractivity contribution in [2.75, 3.05) is 4.90 Å². The van der Waals surface area contributed by atoms with E-state index in [1.807, 2.05) is 54.9 Å². The van der Waals surface area contributed by atoms with Crippen LogP contribution in [0, 0.1) is 13.8 Å². The zero-order chi connectivity index (χ0) is 27.5. The summed E-state index contributed by atoms with van der Waals surface area (Å²) in [6, 6.07) is 32.9. The van der Waals surface area contributed by atoms with Crippen LogP contribution < -0.4 is 9.64 Å². The molecule has 0 saturated heterocycles. The number of anilines is 2. The molecule has 0 saturated carbocycles. The molecule has 0 fully saturated rings. The highest BCUT2D eigenvalue weighted by atomic mass is 16.5. The lowest BCUT2D eigenvalue weighted by Gasteiger charge is -2.33. The van der Waals surface area contributed by atoms with Gasteiger partial charge in [0.2, 0.25) is 5.88 Å². The van der Waals surface area contributed by atoms with E-state index < -0.39 is 0 Å². The minimum atomic E-state index is 0.525. The smallest absolute Gasteiger partial charge is 0.221 e. The van der Waals surface area contributed by atoms with Gasteiger partial charge >= 0.3 is 0 Å². The van der Waals surface area contributed by atoms with Gasteiger partial charge in [0.15, 0.2) is 0 Å². The van der Waals surface area contributed by atoms with Gasteiger partial charge in [0.25, 0.3) is 0 Å². The van der Waals surface area contributed by atoms with Crippen molar-refractivity contribution in [3.63, 3.8) is 0 Å². The summed E-state index contributed by atoms with van der Waals surface area (Å²) in [7, 11) is 0. The summed E-state index contributed by atoms with van der Waals surface area (Å²) in [6.45, 7) is 4.87. The topological polar surface area (TPSA) is 61.0 Å². The third kappa shape index (κ3) is 3.70. The fraction of sp³-hybridized carbons (Fsp3) is 0.0882. The third-order valence-electron chi connectivity index (χ3n) is 7.94. The Morgan fingerprint density at radius 3 is 2.51 bits per heavy atom. The van der Waals surface area contributed by atoms with E-state index in [0.29, 0.717) is 12.5 Å². The maximum Gasteiger partial charge on any atom is 0.221 e. The van der Waals surface area contributed by atoms with Gasteiger partial charge in [-0.25, -0.2) is 15.0 Å². The van der Waals surface area contributed by atoms with Crippen molar-refractivity contribution >= 4 is 33.2 Å². The van der Waals surface area contributed by atoms with Crippen molar-refractivity contribution in [1.29, 1.82) is 0 Å². The summed E-state index contributed by atoms with van der Waals surface area (Å²) in [5.74, 6) is 3.11. The van der Waals surface area contributed by atoms with E-state index in [-0.39, 0.29) is 0 Å². The molecular weight excluding hydrogens is 508 g/mol. The van der Waals surface area contributed by atoms with Crippen LogP contribution in [0.3, 0.4) is 0 Å². The van der Waals surface area contributed by atoms with Crippen LogP contribution >= 0.6 is 0 Å². The first-order valence-electron chi connectivity index (χ1n) is 13.6. The second-order valence-electron chi connectivity index (χ2n) is 10.3. The molecule has 0 unspecified atom stereocenters. The van der Waals surface area contributed by atoms with Crippen LogP contribution in [0.2, 0.25) is 0 Å². The van der Waals surface area contributed by atoms with Gasteiger partial charge in [-0.1, -0.05) is 42.5 Å². The predicted molar refractivity (Wildman–Crippen MR) is 162 cm³/mol. The van der Waals surface area contributed by atoms with Gasteiger partial charge in [0, 0.05) is 52.2 Å². The number of ether oxygens (including phenoxy) is 1. The standard InChI is InChI=1S/C34H26N6O/c1-22-23(2)38-21-39(29-14-5-4-13-27(29)34(38)37-22)24-10-9-11-25(18-24)41-33-19-31-28(20-36-33)26-12-3-6-15-30(26)40(31)32-16-7-8-17-35-32/h3-20H,21H2,1-2H3. The molecule has 0 spiro atoms. The van der Waals surface area contributed by atoms with Crippen LogP contribution in [0.1, 0.15) is 11.4 Å². The Morgan fingerprint density at radius 1 is 0.756 bits per heavy atom. The van der Waals surface area contributed by atoms with Crippen molar-refractivity contribution in [2.24, 2.45) is 0 Å². The highest BCUT2D eigenvalue weighted by molar-refractivity contribution is 6.09. The Labute approximate surface area is 236 Å². The summed E-state index contributed by atoms with van der Waals surface area (Å²) in [6.07, 6.45) is 3.71. The lowest BCUT2D eigenvalue weighted by molar-refractivity contribution is 0.464. The number of hydrogen-bond donors (Lipinski definition) is 0. The monoisotopic (exact) mass is 534 g/mol. The molecule has 0 amide bonds. The number of fused-ring (bicyclic) bond motifs is 6. The van der Waals surface area contributed by atoms with Gasteiger partial charge in [-0.3, -0.25) is 4.57 Å². The van der Waals surface area contributed by atoms with Crippen molar-refractivity contribution < 1.29 is 4.74 Å². The molecule has 198 valence electrons. The lowest BCUT2D eigenvalue weighted by Crippen LogP contribution is -2.26. The number of aromatic nitrogens is 5. The molecule has 0 bridgehead atoms. The number of benzene rings is 3. The molecule has 5 heterocycles. The normalized spacial score (nSPS) is 12.5. The molecule has 0 radical (unpaired) electrons. The highest BCUT2D eigenvalue weighted by Crippen LogP contribution is 2.41. The number of pyridine rings is 2. The summed E-state index contributed by atoms with van der Waals surface area (Å²) in [4.78, 5) is 16.5. The molecule has 7 heteroatoms. The van der Waals surface area contributed by atoms with E-state index in [4.69, 9.17) is 14.7 Å². The molecule has 41 heavy (non-hydrogen) atoms. The molecule has 0 atom stereocenters. The number of nitrogens with zero attached hydrogens (tertiary/aromatic N) is 6. The van der Waals surface area contributed by atoms with E-state index in [1.165, 1.54) is 5.69 Å². The zero-order valence-corrected chi connectivity index (χ0v) is 22.7. The average Bonchev–Trinajstić information content (AvgIpc) is 3.50. The molecule has 8 rings (SSSR count). The second kappa shape index (κ2) is 9.06. The number of hydrogen-bond acceptors (Lipinski definition) is 5. The average molecular weight is 535 g/mol. The highest BCUT2D eigenvalue weighted by Gasteiger charge is 2.26. The van der Waals surface area contributed by atoms with Gasteiger partial charge in [-0.15, -0.1) is 0 Å². The first-order valence-corrected chi connectivity index (χ1v) is 13.6. The lowest BCUT2D eigenvalue weighted by atomic mass is 10.1. The van der Waals surface area contributed by atoms with Crippen LogP contribution in [0.15, 0.2) is 109 Å². The molecule has 1 aliphatic rings. The zero-order valence-electron chi connectivity index (χ0n) is 22.7. The number of aryl methyl sites for hydroxylation is 1. The Balaban J connectivity index is 1.19. The minimum Gasteiger partial charge on any atom is -0.439 e. The summed E-state index contributed by atoms with van der Waals surface area (Å²) in [5, 5.41) is 2.18. The molecular formula is C34H26N6O. The minimum absolute atomic E-state index is 0.525. The van der Waals surface area contributed by atoms with Crippen molar-refractivity contribution in [1.82, 2.24) is 24.1 Å². The molecule has 7 nitrogen and oxygen atoms in total. The third-order valence-corrected chi connectivity index (χ3v) is 7.94. The SMILES string of the molecule is Cc1nc2n(c1C)CN(c1cccc(Oc3cc4c(cn3)c3ccccc3n4-c3ccccn3)c1)c1ccccc1-2. The summed E-state index contributed by atoms with van der Waals surface area (Å²) >= 11 is 0. The maximum atomic E-state index is 6.40. The first-order chi connectivity index (χ1) is 20.2. The van der Waals surface area contributed by atoms with Crippen molar-refractivity contribution in [2.45, 2.75) is 20.5 Å². The predicted octanol–water partition coefficient (Wildman–Crippen LogP) is 7.96. The van der Waals surface area contributed by atoms with E-state index in [0.717, 1.165) is 61.8 Å². The maximum absolute atomic E-state index is 6.40. The van der Waals surface area contributed by atoms with Crippen LogP contribution in [0.4, 0.5) is 11.4 Å². The van der Waals surface area contributed by atoms with Crippen LogP contribution in [0.25, 0.3) is 39.0 Å². The number of para-hydroxylation sites is 2. The molecule has 3 aromatic carbocycles. The van der Waals surface area contributed by atoms with Gasteiger partial charge in [-0.05, 0) is 56.3 Å². The summed E-state index contributed by atoms with van der Waals surface area (Å²) < 4.78 is 10.8. The van der Waals surface area contributed by atoms with Gasteiger partial charge in [-0.2, -0.15) is 0 Å². The van der Waals surface area contributed by atoms with Gasteiger partial charge < -0.3 is 14.2 Å². The second-order valence-corrected chi connectivity index (χ2v) is 10.3. The van der Waals surface area contributed by atoms with Crippen LogP contribution in [-0.4, -0.2) is 24.1 Å². The fourth-order valence-corrected chi connectivity index (χ4v) is 5.84. The molecule has 7 aromatic rings. The number of imidazole rings is 1. The van der Waals surface area contributed by atoms with Crippen LogP contribution in [-0.2, 0) is 6.67 Å². The van der Waals surface area contributed by atoms with E-state index in [9.17, 15) is 0 Å². The summed E-state index contributed by atoms with van der Waals surface area (Å²) in [5.41, 5.74) is 7.59. The molecule has 4 aromatic heterocycles. The van der Waals surface area contributed by atoms with Crippen LogP contribution in [0.5, 0.6) is 11.6 Å². The van der Waals surface area contributed by atoms with Crippen molar-refractivity contribution in [3.05, 3.63) is 121 Å². The Bertz CT molecular complexity index is 2090. The van der Waals surface area contributed by atoms with Gasteiger partial charge in [0.1, 0.15) is 24.1 Å². The Kier molecular flexibility index (Phi) is 5.18. The van der Waals surface area contributed by atoms with Crippen molar-refractivity contribution in [3.8, 4) is 28.8 Å². The van der Waals surface area contributed by atoms with E-state index >= 15 is 0 Å². The molecule has 0 N–H and O–H groups in total. The van der Waals surface area contributed by atoms with E-state index in [2.05, 4.69) is 87.5 Å². The molecule has 1 aliphatic heterocycles. The van der Waals surface area contributed by atoms with E-state index in [1.54, 1.807) is 0 Å². The Hall–Kier alpha value is -5.43. The van der Waals surface area contributed by atoms with Gasteiger partial charge in [0.05, 0.1) is 22.4 Å². The Morgan fingerprint density at radius 2 is 1.61 bits per heavy atom. The largest absolute Gasteiger partial charge is 0.439 e. The first kappa shape index (κ1) is 23.5. The fourth-order valence-electron chi connectivity index (χ4n) is 5.84. The molecule has 0 aliphatic carbocycles.